The van der Waals surface area contributed by atoms with Crippen molar-refractivity contribution in [3.8, 4) is 0 Å². The first-order valence-electron chi connectivity index (χ1n) is 10.5. The van der Waals surface area contributed by atoms with E-state index in [1.165, 1.54) is 103 Å². The molecule has 0 unspecified atom stereocenters. The van der Waals surface area contributed by atoms with Crippen LogP contribution < -0.4 is 0 Å². The average Bonchev–Trinajstić information content (AvgIpc) is 2.57. The highest BCUT2D eigenvalue weighted by atomic mass is 16.3. The van der Waals surface area contributed by atoms with Crippen molar-refractivity contribution in [1.82, 2.24) is 0 Å². The fourth-order valence-electron chi connectivity index (χ4n) is 4.72. The van der Waals surface area contributed by atoms with E-state index in [-0.39, 0.29) is 6.10 Å². The molecular weight excluding hydrogens is 268 g/mol. The fourth-order valence-corrected chi connectivity index (χ4v) is 4.72. The molecule has 130 valence electrons. The van der Waals surface area contributed by atoms with Crippen LogP contribution in [-0.4, -0.2) is 11.2 Å². The van der Waals surface area contributed by atoms with Crippen LogP contribution in [0.25, 0.3) is 0 Å². The topological polar surface area (TPSA) is 20.2 Å². The maximum Gasteiger partial charge on any atom is 0.0540 e. The van der Waals surface area contributed by atoms with Gasteiger partial charge in [-0.2, -0.15) is 0 Å². The van der Waals surface area contributed by atoms with E-state index in [4.69, 9.17) is 0 Å². The zero-order valence-electron chi connectivity index (χ0n) is 14.9. The molecule has 0 aromatic rings. The van der Waals surface area contributed by atoms with Crippen LogP contribution in [0.1, 0.15) is 116 Å². The summed E-state index contributed by atoms with van der Waals surface area (Å²) in [4.78, 5) is 0. The van der Waals surface area contributed by atoms with Crippen molar-refractivity contribution in [2.75, 3.05) is 0 Å². The molecule has 1 heteroatoms. The molecule has 2 aliphatic rings. The fraction of sp³-hybridized carbons (Fsp3) is 1.00. The Hall–Kier alpha value is -0.0400. The van der Waals surface area contributed by atoms with Gasteiger partial charge in [0.15, 0.2) is 0 Å². The summed E-state index contributed by atoms with van der Waals surface area (Å²) in [6.45, 7) is 0. The molecule has 0 bridgehead atoms. The lowest BCUT2D eigenvalue weighted by molar-refractivity contribution is 0.145. The number of hydrogen-bond acceptors (Lipinski definition) is 1. The van der Waals surface area contributed by atoms with Crippen LogP contribution in [0.4, 0.5) is 0 Å². The second kappa shape index (κ2) is 11.5. The highest BCUT2D eigenvalue weighted by molar-refractivity contribution is 4.68. The van der Waals surface area contributed by atoms with Gasteiger partial charge in [-0.05, 0) is 24.7 Å². The van der Waals surface area contributed by atoms with Gasteiger partial charge in [0.1, 0.15) is 0 Å². The third-order valence-electron chi connectivity index (χ3n) is 6.25. The van der Waals surface area contributed by atoms with Gasteiger partial charge in [0, 0.05) is 0 Å². The molecule has 0 atom stereocenters. The molecule has 0 heterocycles. The van der Waals surface area contributed by atoms with Crippen LogP contribution in [0.3, 0.4) is 0 Å². The normalized spacial score (nSPS) is 21.5. The van der Waals surface area contributed by atoms with Gasteiger partial charge in [0.05, 0.1) is 6.10 Å². The quantitative estimate of drug-likeness (QED) is 0.449. The van der Waals surface area contributed by atoms with Crippen molar-refractivity contribution in [3.63, 3.8) is 0 Å². The monoisotopic (exact) mass is 308 g/mol. The predicted octanol–water partition coefficient (Wildman–Crippen LogP) is 6.63. The molecule has 0 aromatic carbocycles. The van der Waals surface area contributed by atoms with E-state index < -0.39 is 0 Å². The van der Waals surface area contributed by atoms with E-state index in [2.05, 4.69) is 0 Å². The Morgan fingerprint density at radius 2 is 1.00 bits per heavy atom. The number of unbranched alkanes of at least 4 members (excludes halogenated alkanes) is 2. The summed E-state index contributed by atoms with van der Waals surface area (Å²) in [5.74, 6) is 2.03. The summed E-state index contributed by atoms with van der Waals surface area (Å²) in [6.07, 6.45) is 24.8. The van der Waals surface area contributed by atoms with Crippen LogP contribution in [0.15, 0.2) is 0 Å². The molecule has 2 aliphatic carbocycles. The summed E-state index contributed by atoms with van der Waals surface area (Å²) in [7, 11) is 0. The molecule has 0 amide bonds. The van der Waals surface area contributed by atoms with Gasteiger partial charge < -0.3 is 5.11 Å². The van der Waals surface area contributed by atoms with Gasteiger partial charge in [0.2, 0.25) is 0 Å². The average molecular weight is 309 g/mol. The van der Waals surface area contributed by atoms with Gasteiger partial charge in [-0.25, -0.2) is 0 Å². The molecule has 1 nitrogen and oxygen atoms in total. The van der Waals surface area contributed by atoms with Gasteiger partial charge in [0.25, 0.3) is 0 Å². The molecule has 0 aliphatic heterocycles. The Morgan fingerprint density at radius 3 is 1.41 bits per heavy atom. The highest BCUT2D eigenvalue weighted by Gasteiger charge is 2.14. The van der Waals surface area contributed by atoms with Crippen LogP contribution in [-0.2, 0) is 0 Å². The van der Waals surface area contributed by atoms with E-state index in [0.717, 1.165) is 24.7 Å². The Morgan fingerprint density at radius 1 is 0.591 bits per heavy atom. The first kappa shape index (κ1) is 18.3. The van der Waals surface area contributed by atoms with Crippen molar-refractivity contribution in [2.24, 2.45) is 11.8 Å². The number of hydrogen-bond donors (Lipinski definition) is 1. The molecule has 0 saturated heterocycles. The molecule has 2 rings (SSSR count). The number of rotatable bonds is 10. The van der Waals surface area contributed by atoms with Crippen LogP contribution in [0.5, 0.6) is 0 Å². The zero-order valence-corrected chi connectivity index (χ0v) is 14.9. The second-order valence-electron chi connectivity index (χ2n) is 8.23. The van der Waals surface area contributed by atoms with E-state index in [0.29, 0.717) is 0 Å². The lowest BCUT2D eigenvalue weighted by Crippen LogP contribution is -2.09. The lowest BCUT2D eigenvalue weighted by Gasteiger charge is -2.22. The Bertz CT molecular complexity index is 225. The largest absolute Gasteiger partial charge is 0.393 e. The van der Waals surface area contributed by atoms with Crippen molar-refractivity contribution >= 4 is 0 Å². The first-order valence-corrected chi connectivity index (χ1v) is 10.5. The second-order valence-corrected chi connectivity index (χ2v) is 8.23. The zero-order chi connectivity index (χ0) is 15.5. The standard InChI is InChI=1S/C21H40O/c22-21(17-9-7-15-19-11-3-1-4-12-19)18-10-8-16-20-13-5-2-6-14-20/h19-22H,1-18H2. The van der Waals surface area contributed by atoms with Crippen molar-refractivity contribution in [2.45, 2.75) is 122 Å². The molecule has 2 fully saturated rings. The third-order valence-corrected chi connectivity index (χ3v) is 6.25. The van der Waals surface area contributed by atoms with E-state index >= 15 is 0 Å². The highest BCUT2D eigenvalue weighted by Crippen LogP contribution is 2.29. The SMILES string of the molecule is OC(CCCCC1CCCCC1)CCCCC1CCCCC1. The molecule has 0 radical (unpaired) electrons. The smallest absolute Gasteiger partial charge is 0.0540 e. The molecule has 22 heavy (non-hydrogen) atoms. The van der Waals surface area contributed by atoms with Gasteiger partial charge in [-0.3, -0.25) is 0 Å². The number of aliphatic hydroxyl groups is 1. The summed E-state index contributed by atoms with van der Waals surface area (Å²) < 4.78 is 0. The van der Waals surface area contributed by atoms with Crippen molar-refractivity contribution in [1.29, 1.82) is 0 Å². The first-order chi connectivity index (χ1) is 10.8. The van der Waals surface area contributed by atoms with Gasteiger partial charge >= 0.3 is 0 Å². The summed E-state index contributed by atoms with van der Waals surface area (Å²) >= 11 is 0. The third kappa shape index (κ3) is 7.99. The minimum atomic E-state index is -0.0160. The number of aliphatic hydroxyl groups excluding tert-OH is 1. The molecule has 0 spiro atoms. The minimum Gasteiger partial charge on any atom is -0.393 e. The van der Waals surface area contributed by atoms with Gasteiger partial charge in [-0.15, -0.1) is 0 Å². The molecule has 0 aromatic heterocycles. The summed E-state index contributed by atoms with van der Waals surface area (Å²) in [5, 5.41) is 10.1. The van der Waals surface area contributed by atoms with E-state index in [1.54, 1.807) is 0 Å². The molecular formula is C21H40O. The molecule has 2 saturated carbocycles. The van der Waals surface area contributed by atoms with Crippen LogP contribution >= 0.6 is 0 Å². The molecule has 1 N–H and O–H groups in total. The maximum atomic E-state index is 10.1. The Kier molecular flexibility index (Phi) is 9.56. The maximum absolute atomic E-state index is 10.1. The van der Waals surface area contributed by atoms with Crippen molar-refractivity contribution in [3.05, 3.63) is 0 Å². The van der Waals surface area contributed by atoms with Crippen LogP contribution in [0.2, 0.25) is 0 Å². The summed E-state index contributed by atoms with van der Waals surface area (Å²) in [6, 6.07) is 0. The Labute approximate surface area is 139 Å². The lowest BCUT2D eigenvalue weighted by atomic mass is 9.85. The van der Waals surface area contributed by atoms with Gasteiger partial charge in [-0.1, -0.05) is 103 Å². The predicted molar refractivity (Wildman–Crippen MR) is 96.1 cm³/mol. The van der Waals surface area contributed by atoms with E-state index in [9.17, 15) is 5.11 Å². The summed E-state index contributed by atoms with van der Waals surface area (Å²) in [5.41, 5.74) is 0. The van der Waals surface area contributed by atoms with Crippen LogP contribution in [0, 0.1) is 11.8 Å². The van der Waals surface area contributed by atoms with Crippen molar-refractivity contribution < 1.29 is 5.11 Å². The minimum absolute atomic E-state index is 0.0160. The van der Waals surface area contributed by atoms with E-state index in [1.807, 2.05) is 0 Å². The Balaban J connectivity index is 1.38.